The van der Waals surface area contributed by atoms with E-state index in [4.69, 9.17) is 19.5 Å². The summed E-state index contributed by atoms with van der Waals surface area (Å²) in [6.45, 7) is 3.97. The smallest absolute Gasteiger partial charge is 0.447 e. The minimum Gasteiger partial charge on any atom is -0.447 e. The summed E-state index contributed by atoms with van der Waals surface area (Å²) in [5, 5.41) is 8.54. The Morgan fingerprint density at radius 2 is 1.94 bits per heavy atom. The van der Waals surface area contributed by atoms with Crippen molar-refractivity contribution >= 4 is 25.4 Å². The second-order valence-electron chi connectivity index (χ2n) is 8.30. The summed E-state index contributed by atoms with van der Waals surface area (Å²) in [4.78, 5) is 40.5. The number of rotatable bonds is 7. The summed E-state index contributed by atoms with van der Waals surface area (Å²) in [5.74, 6) is 1.08. The molecule has 13 nitrogen and oxygen atoms in total. The van der Waals surface area contributed by atoms with E-state index in [1.807, 2.05) is 38.1 Å². The Hall–Kier alpha value is -3.64. The van der Waals surface area contributed by atoms with Crippen LogP contribution in [-0.2, 0) is 20.6 Å². The van der Waals surface area contributed by atoms with E-state index in [0.717, 1.165) is 11.1 Å². The molecule has 1 saturated heterocycles. The maximum absolute atomic E-state index is 12.4. The van der Waals surface area contributed by atoms with Gasteiger partial charge in [0.15, 0.2) is 18.2 Å². The van der Waals surface area contributed by atoms with Gasteiger partial charge in [-0.3, -0.25) is 9.42 Å². The zero-order valence-corrected chi connectivity index (χ0v) is 19.7. The minimum absolute atomic E-state index is 0.0949. The van der Waals surface area contributed by atoms with Crippen LogP contribution in [0, 0.1) is 5.92 Å². The van der Waals surface area contributed by atoms with E-state index >= 15 is 0 Å². The van der Waals surface area contributed by atoms with Crippen LogP contribution in [0.1, 0.15) is 13.8 Å². The van der Waals surface area contributed by atoms with E-state index < -0.39 is 20.6 Å². The molecule has 4 aromatic rings. The van der Waals surface area contributed by atoms with Crippen LogP contribution >= 0.6 is 7.82 Å². The Kier molecular flexibility index (Phi) is 5.85. The van der Waals surface area contributed by atoms with Crippen molar-refractivity contribution < 1.29 is 28.4 Å². The molecule has 0 bridgehead atoms. The first kappa shape index (κ1) is 23.1. The van der Waals surface area contributed by atoms with Crippen LogP contribution in [0.4, 0.5) is 10.6 Å². The largest absolute Gasteiger partial charge is 0.471 e. The number of amides is 1. The zero-order chi connectivity index (χ0) is 24.7. The van der Waals surface area contributed by atoms with Crippen molar-refractivity contribution in [1.29, 1.82) is 0 Å². The fraction of sp³-hybridized carbons (Fsp3) is 0.286. The number of carbonyl (C=O) groups excluding carboxylic acids is 1. The molecule has 0 spiro atoms. The maximum Gasteiger partial charge on any atom is 0.471 e. The number of hydrogen-bond donors (Lipinski definition) is 2. The SMILES string of the molecule is CC(C)[C@H]1COC(=O)N1c1ccn2ncc(-c3ccc(-c4ncn(COP(=O)(O)O)n4)cc3)c2n1. The van der Waals surface area contributed by atoms with Crippen molar-refractivity contribution in [3.05, 3.63) is 49.1 Å². The van der Waals surface area contributed by atoms with Crippen LogP contribution in [-0.4, -0.2) is 57.9 Å². The summed E-state index contributed by atoms with van der Waals surface area (Å²) in [5.41, 5.74) is 2.92. The number of phosphoric acid groups is 1. The molecule has 3 aromatic heterocycles. The number of benzene rings is 1. The number of aromatic nitrogens is 6. The third-order valence-corrected chi connectivity index (χ3v) is 6.08. The van der Waals surface area contributed by atoms with E-state index in [0.29, 0.717) is 29.5 Å². The third kappa shape index (κ3) is 4.66. The molecular weight excluding hydrogens is 477 g/mol. The van der Waals surface area contributed by atoms with Gasteiger partial charge in [-0.05, 0) is 17.5 Å². The van der Waals surface area contributed by atoms with Crippen molar-refractivity contribution in [2.24, 2.45) is 5.92 Å². The average molecular weight is 499 g/mol. The number of ether oxygens (including phenoxy) is 1. The summed E-state index contributed by atoms with van der Waals surface area (Å²) >= 11 is 0. The van der Waals surface area contributed by atoms with E-state index in [2.05, 4.69) is 19.7 Å². The maximum atomic E-state index is 12.4. The highest BCUT2D eigenvalue weighted by Crippen LogP contribution is 2.36. The first-order valence-electron chi connectivity index (χ1n) is 10.7. The van der Waals surface area contributed by atoms with Gasteiger partial charge in [0.05, 0.1) is 12.2 Å². The Bertz CT molecular complexity index is 1430. The molecule has 182 valence electrons. The van der Waals surface area contributed by atoms with Crippen molar-refractivity contribution in [3.8, 4) is 22.5 Å². The van der Waals surface area contributed by atoms with Crippen LogP contribution in [0.5, 0.6) is 0 Å². The number of fused-ring (bicyclic) bond motifs is 1. The summed E-state index contributed by atoms with van der Waals surface area (Å²) in [7, 11) is -4.60. The number of anilines is 1. The normalized spacial score (nSPS) is 16.4. The fourth-order valence-electron chi connectivity index (χ4n) is 3.81. The van der Waals surface area contributed by atoms with Crippen molar-refractivity contribution in [2.75, 3.05) is 11.5 Å². The van der Waals surface area contributed by atoms with Crippen LogP contribution in [0.15, 0.2) is 49.1 Å². The molecule has 0 unspecified atom stereocenters. The Labute approximate surface area is 199 Å². The van der Waals surface area contributed by atoms with Crippen molar-refractivity contribution in [3.63, 3.8) is 0 Å². The van der Waals surface area contributed by atoms with Crippen LogP contribution in [0.3, 0.4) is 0 Å². The van der Waals surface area contributed by atoms with Crippen LogP contribution in [0.25, 0.3) is 28.2 Å². The topological polar surface area (TPSA) is 157 Å². The van der Waals surface area contributed by atoms with Gasteiger partial charge in [-0.25, -0.2) is 28.5 Å². The predicted octanol–water partition coefficient (Wildman–Crippen LogP) is 2.70. The standard InChI is InChI=1S/C21H22N7O6P/c1-13(2)17-10-33-21(29)28(17)18-7-8-27-20(24-18)16(9-23-27)14-3-5-15(6-4-14)19-22-11-26(25-19)12-34-35(30,31)32/h3-9,11,13,17H,10,12H2,1-2H3,(H2,30,31,32)/t17-/m1/s1. The number of hydrogen-bond acceptors (Lipinski definition) is 8. The number of carbonyl (C=O) groups is 1. The highest BCUT2D eigenvalue weighted by molar-refractivity contribution is 7.46. The first-order valence-corrected chi connectivity index (χ1v) is 12.2. The number of nitrogens with zero attached hydrogens (tertiary/aromatic N) is 7. The zero-order valence-electron chi connectivity index (χ0n) is 18.8. The second kappa shape index (κ2) is 8.86. The summed E-state index contributed by atoms with van der Waals surface area (Å²) in [6.07, 6.45) is 4.37. The van der Waals surface area contributed by atoms with Gasteiger partial charge in [-0.2, -0.15) is 5.10 Å². The molecule has 5 rings (SSSR count). The highest BCUT2D eigenvalue weighted by Gasteiger charge is 2.37. The van der Waals surface area contributed by atoms with Gasteiger partial charge in [0.2, 0.25) is 0 Å². The molecule has 1 amide bonds. The lowest BCUT2D eigenvalue weighted by molar-refractivity contribution is 0.145. The molecular formula is C21H22N7O6P. The lowest BCUT2D eigenvalue weighted by Crippen LogP contribution is -2.37. The summed E-state index contributed by atoms with van der Waals surface area (Å²) < 4.78 is 23.4. The molecule has 1 aromatic carbocycles. The molecule has 4 heterocycles. The molecule has 0 aliphatic carbocycles. The Morgan fingerprint density at radius 1 is 1.20 bits per heavy atom. The quantitative estimate of drug-likeness (QED) is 0.362. The van der Waals surface area contributed by atoms with Gasteiger partial charge in [0, 0.05) is 17.3 Å². The van der Waals surface area contributed by atoms with Gasteiger partial charge >= 0.3 is 13.9 Å². The third-order valence-electron chi connectivity index (χ3n) is 5.63. The van der Waals surface area contributed by atoms with Crippen molar-refractivity contribution in [1.82, 2.24) is 29.4 Å². The number of cyclic esters (lactones) is 1. The molecule has 1 aliphatic heterocycles. The van der Waals surface area contributed by atoms with E-state index in [-0.39, 0.29) is 12.0 Å². The van der Waals surface area contributed by atoms with Crippen LogP contribution in [0.2, 0.25) is 0 Å². The monoisotopic (exact) mass is 499 g/mol. The molecule has 0 saturated carbocycles. The second-order valence-corrected chi connectivity index (χ2v) is 9.54. The van der Waals surface area contributed by atoms with E-state index in [1.54, 1.807) is 27.9 Å². The first-order chi connectivity index (χ1) is 16.7. The molecule has 1 atom stereocenters. The van der Waals surface area contributed by atoms with Gasteiger partial charge < -0.3 is 14.5 Å². The number of phosphoric ester groups is 1. The van der Waals surface area contributed by atoms with Gasteiger partial charge in [-0.15, -0.1) is 5.10 Å². The molecule has 35 heavy (non-hydrogen) atoms. The molecule has 0 radical (unpaired) electrons. The minimum atomic E-state index is -4.60. The fourth-order valence-corrected chi connectivity index (χ4v) is 4.08. The lowest BCUT2D eigenvalue weighted by Gasteiger charge is -2.23. The lowest BCUT2D eigenvalue weighted by atomic mass is 10.0. The van der Waals surface area contributed by atoms with E-state index in [9.17, 15) is 9.36 Å². The molecule has 2 N–H and O–H groups in total. The van der Waals surface area contributed by atoms with Gasteiger partial charge in [0.25, 0.3) is 0 Å². The van der Waals surface area contributed by atoms with Gasteiger partial charge in [0.1, 0.15) is 18.8 Å². The molecule has 14 heteroatoms. The summed E-state index contributed by atoms with van der Waals surface area (Å²) in [6, 6.07) is 9.02. The van der Waals surface area contributed by atoms with Crippen LogP contribution < -0.4 is 4.90 Å². The van der Waals surface area contributed by atoms with Crippen molar-refractivity contribution in [2.45, 2.75) is 26.6 Å². The Morgan fingerprint density at radius 3 is 2.66 bits per heavy atom. The molecule has 1 fully saturated rings. The molecule has 1 aliphatic rings. The van der Waals surface area contributed by atoms with Gasteiger partial charge in [-0.1, -0.05) is 38.1 Å². The highest BCUT2D eigenvalue weighted by atomic mass is 31.2. The Balaban J connectivity index is 1.41. The average Bonchev–Trinajstić information content (AvgIpc) is 3.55. The predicted molar refractivity (Wildman–Crippen MR) is 123 cm³/mol. The van der Waals surface area contributed by atoms with E-state index in [1.165, 1.54) is 11.0 Å².